The molecule has 2 aromatic carbocycles. The molecule has 0 amide bonds. The molecule has 10 heteroatoms. The average Bonchev–Trinajstić information content (AvgIpc) is 2.87. The maximum absolute atomic E-state index is 13.5. The van der Waals surface area contributed by atoms with Crippen LogP contribution < -0.4 is 10.2 Å². The molecule has 1 aliphatic rings. The van der Waals surface area contributed by atoms with Crippen molar-refractivity contribution in [3.8, 4) is 0 Å². The van der Waals surface area contributed by atoms with Gasteiger partial charge in [-0.05, 0) is 67.5 Å². The van der Waals surface area contributed by atoms with E-state index in [-0.39, 0.29) is 42.2 Å². The molecular weight excluding hydrogens is 506 g/mol. The standard InChI is InChI=1S/C28H30F6N4/c1-3-23-13-25(14-24(37-23)11-19-7-5-4-6-8-19)38(26-35-15-18(2)16-36-26)17-20-9-21(27(29,30)31)12-22(10-20)28(32,33)34/h4-10,12,15-16,23-25,37H,3,11,13-14,17H2,1-2H3. The van der Waals surface area contributed by atoms with Crippen molar-refractivity contribution >= 4 is 5.95 Å². The first kappa shape index (κ1) is 27.9. The van der Waals surface area contributed by atoms with Crippen LogP contribution in [0.4, 0.5) is 32.3 Å². The molecule has 1 aromatic heterocycles. The first-order valence-electron chi connectivity index (χ1n) is 12.6. The Morgan fingerprint density at radius 2 is 1.42 bits per heavy atom. The van der Waals surface area contributed by atoms with Crippen LogP contribution in [0.2, 0.25) is 0 Å². The summed E-state index contributed by atoms with van der Waals surface area (Å²) >= 11 is 0. The topological polar surface area (TPSA) is 41.1 Å². The molecule has 2 heterocycles. The first-order valence-corrected chi connectivity index (χ1v) is 12.6. The maximum Gasteiger partial charge on any atom is 0.416 e. The summed E-state index contributed by atoms with van der Waals surface area (Å²) in [7, 11) is 0. The van der Waals surface area contributed by atoms with Crippen molar-refractivity contribution < 1.29 is 26.3 Å². The highest BCUT2D eigenvalue weighted by atomic mass is 19.4. The van der Waals surface area contributed by atoms with Gasteiger partial charge in [-0.3, -0.25) is 0 Å². The van der Waals surface area contributed by atoms with Crippen LogP contribution in [-0.2, 0) is 25.3 Å². The Morgan fingerprint density at radius 3 is 1.97 bits per heavy atom. The molecule has 0 saturated carbocycles. The smallest absolute Gasteiger partial charge is 0.333 e. The van der Waals surface area contributed by atoms with Gasteiger partial charge in [0.2, 0.25) is 5.95 Å². The van der Waals surface area contributed by atoms with E-state index in [0.717, 1.165) is 36.1 Å². The van der Waals surface area contributed by atoms with Crippen molar-refractivity contribution in [3.63, 3.8) is 0 Å². The number of aryl methyl sites for hydroxylation is 1. The van der Waals surface area contributed by atoms with Crippen molar-refractivity contribution in [2.45, 2.75) is 76.6 Å². The Balaban J connectivity index is 1.71. The van der Waals surface area contributed by atoms with Gasteiger partial charge >= 0.3 is 12.4 Å². The minimum absolute atomic E-state index is 0.0706. The fourth-order valence-electron chi connectivity index (χ4n) is 5.01. The van der Waals surface area contributed by atoms with Gasteiger partial charge in [-0.2, -0.15) is 26.3 Å². The minimum Gasteiger partial charge on any atom is -0.333 e. The Bertz CT molecular complexity index is 1160. The quantitative estimate of drug-likeness (QED) is 0.331. The van der Waals surface area contributed by atoms with Crippen LogP contribution in [0.15, 0.2) is 60.9 Å². The first-order chi connectivity index (χ1) is 17.9. The number of rotatable bonds is 7. The highest BCUT2D eigenvalue weighted by Crippen LogP contribution is 2.37. The van der Waals surface area contributed by atoms with Crippen LogP contribution in [0.1, 0.15) is 54.0 Å². The SMILES string of the molecule is CCC1CC(N(Cc2cc(C(F)(F)F)cc(C(F)(F)F)c2)c2ncc(C)cn2)CC(Cc2ccccc2)N1. The number of alkyl halides is 6. The highest BCUT2D eigenvalue weighted by molar-refractivity contribution is 5.39. The number of anilines is 1. The molecule has 1 fully saturated rings. The lowest BCUT2D eigenvalue weighted by Gasteiger charge is -2.42. The van der Waals surface area contributed by atoms with Crippen LogP contribution in [-0.4, -0.2) is 28.1 Å². The third-order valence-corrected chi connectivity index (χ3v) is 6.87. The van der Waals surface area contributed by atoms with Crippen molar-refractivity contribution in [2.75, 3.05) is 4.90 Å². The molecule has 1 saturated heterocycles. The Hall–Kier alpha value is -3.14. The second-order valence-corrected chi connectivity index (χ2v) is 9.89. The predicted molar refractivity (Wildman–Crippen MR) is 134 cm³/mol. The number of benzene rings is 2. The molecule has 3 aromatic rings. The van der Waals surface area contributed by atoms with Crippen LogP contribution in [0.25, 0.3) is 0 Å². The third-order valence-electron chi connectivity index (χ3n) is 6.87. The van der Waals surface area contributed by atoms with E-state index in [4.69, 9.17) is 0 Å². The molecule has 204 valence electrons. The number of aromatic nitrogens is 2. The summed E-state index contributed by atoms with van der Waals surface area (Å²) in [5.74, 6) is 0.279. The molecule has 0 aliphatic carbocycles. The largest absolute Gasteiger partial charge is 0.416 e. The van der Waals surface area contributed by atoms with Crippen LogP contribution in [0.3, 0.4) is 0 Å². The van der Waals surface area contributed by atoms with E-state index in [1.54, 1.807) is 17.3 Å². The summed E-state index contributed by atoms with van der Waals surface area (Å²) in [6.45, 7) is 3.67. The lowest BCUT2D eigenvalue weighted by atomic mass is 9.88. The van der Waals surface area contributed by atoms with Gasteiger partial charge in [-0.15, -0.1) is 0 Å². The molecule has 4 rings (SSSR count). The predicted octanol–water partition coefficient (Wildman–Crippen LogP) is 6.97. The zero-order chi connectivity index (χ0) is 27.5. The summed E-state index contributed by atoms with van der Waals surface area (Å²) in [6, 6.07) is 11.7. The molecule has 0 radical (unpaired) electrons. The molecule has 0 bridgehead atoms. The average molecular weight is 537 g/mol. The van der Waals surface area contributed by atoms with E-state index in [0.29, 0.717) is 12.8 Å². The Kier molecular flexibility index (Phi) is 8.30. The fourth-order valence-corrected chi connectivity index (χ4v) is 5.01. The summed E-state index contributed by atoms with van der Waals surface area (Å²) < 4.78 is 81.2. The van der Waals surface area contributed by atoms with Gasteiger partial charge in [-0.1, -0.05) is 37.3 Å². The van der Waals surface area contributed by atoms with Crippen molar-refractivity contribution in [2.24, 2.45) is 0 Å². The summed E-state index contributed by atoms with van der Waals surface area (Å²) in [6.07, 6.45) is -3.76. The van der Waals surface area contributed by atoms with Gasteiger partial charge in [0.25, 0.3) is 0 Å². The number of hydrogen-bond acceptors (Lipinski definition) is 4. The van der Waals surface area contributed by atoms with E-state index >= 15 is 0 Å². The van der Waals surface area contributed by atoms with Crippen LogP contribution in [0, 0.1) is 6.92 Å². The van der Waals surface area contributed by atoms with Gasteiger partial charge in [0, 0.05) is 37.1 Å². The molecular formula is C28H30F6N4. The lowest BCUT2D eigenvalue weighted by Crippen LogP contribution is -2.53. The van der Waals surface area contributed by atoms with Crippen LogP contribution in [0.5, 0.6) is 0 Å². The normalized spacial score (nSPS) is 20.4. The van der Waals surface area contributed by atoms with E-state index in [1.807, 2.05) is 37.3 Å². The minimum atomic E-state index is -4.91. The zero-order valence-corrected chi connectivity index (χ0v) is 21.2. The summed E-state index contributed by atoms with van der Waals surface area (Å²) in [4.78, 5) is 10.6. The third kappa shape index (κ3) is 7.03. The molecule has 38 heavy (non-hydrogen) atoms. The number of nitrogens with one attached hydrogen (secondary N) is 1. The van der Waals surface area contributed by atoms with Gasteiger partial charge in [-0.25, -0.2) is 9.97 Å². The second kappa shape index (κ2) is 11.3. The number of halogens is 6. The van der Waals surface area contributed by atoms with Crippen molar-refractivity contribution in [1.29, 1.82) is 0 Å². The highest BCUT2D eigenvalue weighted by Gasteiger charge is 2.38. The van der Waals surface area contributed by atoms with E-state index in [9.17, 15) is 26.3 Å². The van der Waals surface area contributed by atoms with Gasteiger partial charge in [0.1, 0.15) is 0 Å². The van der Waals surface area contributed by atoms with Gasteiger partial charge in [0.05, 0.1) is 11.1 Å². The fraction of sp³-hybridized carbons (Fsp3) is 0.429. The monoisotopic (exact) mass is 536 g/mol. The van der Waals surface area contributed by atoms with Crippen LogP contribution >= 0.6 is 0 Å². The van der Waals surface area contributed by atoms with Gasteiger partial charge in [0.15, 0.2) is 0 Å². The number of nitrogens with zero attached hydrogens (tertiary/aromatic N) is 3. The number of piperidine rings is 1. The number of hydrogen-bond donors (Lipinski definition) is 1. The summed E-state index contributed by atoms with van der Waals surface area (Å²) in [5.41, 5.74) is -0.809. The lowest BCUT2D eigenvalue weighted by molar-refractivity contribution is -0.143. The molecule has 1 N–H and O–H groups in total. The molecule has 3 unspecified atom stereocenters. The molecule has 4 nitrogen and oxygen atoms in total. The van der Waals surface area contributed by atoms with E-state index < -0.39 is 23.5 Å². The Labute approximate surface area is 218 Å². The van der Waals surface area contributed by atoms with Crippen molar-refractivity contribution in [3.05, 3.63) is 88.7 Å². The Morgan fingerprint density at radius 1 is 0.842 bits per heavy atom. The van der Waals surface area contributed by atoms with E-state index in [2.05, 4.69) is 22.2 Å². The van der Waals surface area contributed by atoms with Gasteiger partial charge < -0.3 is 10.2 Å². The maximum atomic E-state index is 13.5. The summed E-state index contributed by atoms with van der Waals surface area (Å²) in [5, 5.41) is 3.65. The zero-order valence-electron chi connectivity index (χ0n) is 21.2. The molecule has 0 spiro atoms. The van der Waals surface area contributed by atoms with Crippen molar-refractivity contribution in [1.82, 2.24) is 15.3 Å². The van der Waals surface area contributed by atoms with E-state index in [1.165, 1.54) is 0 Å². The second-order valence-electron chi connectivity index (χ2n) is 9.89. The molecule has 3 atom stereocenters. The molecule has 1 aliphatic heterocycles.